The highest BCUT2D eigenvalue weighted by molar-refractivity contribution is 6.17. The van der Waals surface area contributed by atoms with Gasteiger partial charge in [-0.3, -0.25) is 9.59 Å². The summed E-state index contributed by atoms with van der Waals surface area (Å²) in [7, 11) is 0. The van der Waals surface area contributed by atoms with Gasteiger partial charge in [0.1, 0.15) is 6.10 Å². The molecule has 5 heteroatoms. The number of hydrogen-bond donors (Lipinski definition) is 2. The zero-order chi connectivity index (χ0) is 18.6. The molecular weight excluding hydrogens is 320 g/mol. The Labute approximate surface area is 148 Å². The van der Waals surface area contributed by atoms with E-state index in [-0.39, 0.29) is 28.5 Å². The maximum absolute atomic E-state index is 13.2. The first-order valence-electron chi connectivity index (χ1n) is 9.30. The topological polar surface area (TPSA) is 87.1 Å². The number of carbonyl (C=O) groups excluding carboxylic acids is 2. The van der Waals surface area contributed by atoms with E-state index in [1.807, 2.05) is 6.92 Å². The average molecular weight is 348 g/mol. The van der Waals surface area contributed by atoms with E-state index < -0.39 is 22.9 Å². The van der Waals surface area contributed by atoms with Crippen molar-refractivity contribution in [3.05, 3.63) is 11.6 Å². The minimum atomic E-state index is -1.94. The lowest BCUT2D eigenvalue weighted by Crippen LogP contribution is -2.48. The normalized spacial score (nSPS) is 56.0. The van der Waals surface area contributed by atoms with Crippen molar-refractivity contribution >= 4 is 11.6 Å². The van der Waals surface area contributed by atoms with E-state index in [2.05, 4.69) is 13.8 Å². The predicted octanol–water partition coefficient (Wildman–Crippen LogP) is 1.80. The summed E-state index contributed by atoms with van der Waals surface area (Å²) in [5, 5.41) is 22.1. The maximum atomic E-state index is 13.2. The molecule has 2 N–H and O–H groups in total. The van der Waals surface area contributed by atoms with E-state index in [0.29, 0.717) is 24.7 Å². The largest absolute Gasteiger partial charge is 0.386 e. The molecule has 0 bridgehead atoms. The van der Waals surface area contributed by atoms with Gasteiger partial charge in [0.05, 0.1) is 5.60 Å². The van der Waals surface area contributed by atoms with Crippen LogP contribution in [0.3, 0.4) is 0 Å². The van der Waals surface area contributed by atoms with Gasteiger partial charge in [0, 0.05) is 11.5 Å². The van der Waals surface area contributed by atoms with E-state index in [4.69, 9.17) is 4.74 Å². The summed E-state index contributed by atoms with van der Waals surface area (Å²) in [6, 6.07) is 0. The molecule has 0 amide bonds. The molecule has 3 fully saturated rings. The van der Waals surface area contributed by atoms with E-state index >= 15 is 0 Å². The zero-order valence-corrected chi connectivity index (χ0v) is 15.6. The molecule has 138 valence electrons. The van der Waals surface area contributed by atoms with E-state index in [1.54, 1.807) is 13.8 Å². The van der Waals surface area contributed by atoms with Gasteiger partial charge >= 0.3 is 0 Å². The fourth-order valence-electron chi connectivity index (χ4n) is 5.48. The van der Waals surface area contributed by atoms with Crippen LogP contribution in [0.5, 0.6) is 0 Å². The van der Waals surface area contributed by atoms with Crippen LogP contribution in [0.15, 0.2) is 11.6 Å². The Morgan fingerprint density at radius 3 is 2.40 bits per heavy atom. The zero-order valence-electron chi connectivity index (χ0n) is 15.6. The number of Topliss-reactive ketones (excluding diaryl/α,β-unsaturated/α-hetero) is 2. The standard InChI is InChI=1S/C20H28O5/c1-10-8-12-11(17(12,2)3)6-7-18(4,23)9-13-15(22)19(5)16(25-19)20(13,24)14(10)21/h9-12,16,23-24H,6-8H2,1-5H3/b13-9-/t10-,11+,12-,16-,18+,19-,20+/m1/s1. The Hall–Kier alpha value is -1.04. The van der Waals surface area contributed by atoms with Gasteiger partial charge in [0.15, 0.2) is 22.8 Å². The van der Waals surface area contributed by atoms with Gasteiger partial charge in [-0.2, -0.15) is 0 Å². The Morgan fingerprint density at radius 1 is 1.12 bits per heavy atom. The number of aliphatic hydroxyl groups is 2. The summed E-state index contributed by atoms with van der Waals surface area (Å²) < 4.78 is 5.45. The second kappa shape index (κ2) is 4.62. The minimum Gasteiger partial charge on any atom is -0.386 e. The summed E-state index contributed by atoms with van der Waals surface area (Å²) in [6.07, 6.45) is 2.66. The number of ketones is 2. The number of fused-ring (bicyclic) bond motifs is 4. The smallest absolute Gasteiger partial charge is 0.196 e. The lowest BCUT2D eigenvalue weighted by molar-refractivity contribution is -0.141. The fourth-order valence-corrected chi connectivity index (χ4v) is 5.48. The van der Waals surface area contributed by atoms with Crippen molar-refractivity contribution in [2.45, 2.75) is 76.8 Å². The second-order valence-electron chi connectivity index (χ2n) is 9.69. The number of hydrogen-bond acceptors (Lipinski definition) is 5. The van der Waals surface area contributed by atoms with Gasteiger partial charge in [-0.25, -0.2) is 0 Å². The molecular formula is C20H28O5. The Balaban J connectivity index is 1.79. The van der Waals surface area contributed by atoms with Crippen molar-refractivity contribution < 1.29 is 24.5 Å². The van der Waals surface area contributed by atoms with Crippen LogP contribution in [0, 0.1) is 23.2 Å². The van der Waals surface area contributed by atoms with E-state index in [1.165, 1.54) is 6.08 Å². The van der Waals surface area contributed by atoms with Crippen LogP contribution in [0.2, 0.25) is 0 Å². The summed E-state index contributed by atoms with van der Waals surface area (Å²) in [5.74, 6) is -0.220. The number of rotatable bonds is 0. The van der Waals surface area contributed by atoms with Crippen molar-refractivity contribution in [1.29, 1.82) is 0 Å². The molecule has 7 atom stereocenters. The van der Waals surface area contributed by atoms with Gasteiger partial charge in [-0.1, -0.05) is 20.8 Å². The SMILES string of the molecule is C[C@@H]1C[C@@H]2[C@H](CC[C@](C)(O)/C=C3/C(=O)[C@@]4(C)O[C@H]4[C@@]3(O)C1=O)C2(C)C. The molecule has 0 aromatic rings. The fraction of sp³-hybridized carbons (Fsp3) is 0.800. The van der Waals surface area contributed by atoms with Crippen molar-refractivity contribution in [2.75, 3.05) is 0 Å². The number of ether oxygens (including phenoxy) is 1. The van der Waals surface area contributed by atoms with Crippen LogP contribution in [0.1, 0.15) is 53.9 Å². The first-order valence-corrected chi connectivity index (χ1v) is 9.30. The van der Waals surface area contributed by atoms with Crippen LogP contribution in [-0.4, -0.2) is 44.7 Å². The van der Waals surface area contributed by atoms with Crippen LogP contribution in [0.25, 0.3) is 0 Å². The molecule has 1 saturated heterocycles. The molecule has 0 radical (unpaired) electrons. The van der Waals surface area contributed by atoms with Gasteiger partial charge in [0.2, 0.25) is 0 Å². The van der Waals surface area contributed by atoms with Crippen molar-refractivity contribution in [3.63, 3.8) is 0 Å². The second-order valence-corrected chi connectivity index (χ2v) is 9.69. The number of epoxide rings is 1. The molecule has 0 unspecified atom stereocenters. The molecule has 4 rings (SSSR count). The highest BCUT2D eigenvalue weighted by atomic mass is 16.6. The molecule has 1 aliphatic heterocycles. The van der Waals surface area contributed by atoms with Crippen molar-refractivity contribution in [3.8, 4) is 0 Å². The average Bonchev–Trinajstić information content (AvgIpc) is 3.32. The minimum absolute atomic E-state index is 0.0305. The Kier molecular flexibility index (Phi) is 3.21. The Bertz CT molecular complexity index is 705. The first-order chi connectivity index (χ1) is 11.4. The maximum Gasteiger partial charge on any atom is 0.196 e. The highest BCUT2D eigenvalue weighted by Crippen LogP contribution is 2.64. The summed E-state index contributed by atoms with van der Waals surface area (Å²) >= 11 is 0. The molecule has 4 aliphatic rings. The third kappa shape index (κ3) is 2.12. The summed E-state index contributed by atoms with van der Waals surface area (Å²) in [4.78, 5) is 25.9. The van der Waals surface area contributed by atoms with Crippen LogP contribution in [0.4, 0.5) is 0 Å². The van der Waals surface area contributed by atoms with Gasteiger partial charge in [-0.15, -0.1) is 0 Å². The van der Waals surface area contributed by atoms with Crippen LogP contribution >= 0.6 is 0 Å². The molecule has 5 nitrogen and oxygen atoms in total. The van der Waals surface area contributed by atoms with Crippen molar-refractivity contribution in [2.24, 2.45) is 23.2 Å². The first kappa shape index (κ1) is 17.4. The highest BCUT2D eigenvalue weighted by Gasteiger charge is 2.79. The van der Waals surface area contributed by atoms with E-state index in [9.17, 15) is 19.8 Å². The summed E-state index contributed by atoms with van der Waals surface area (Å²) in [5.41, 5.74) is -4.12. The van der Waals surface area contributed by atoms with Gasteiger partial charge in [-0.05, 0) is 56.4 Å². The monoisotopic (exact) mass is 348 g/mol. The van der Waals surface area contributed by atoms with Gasteiger partial charge < -0.3 is 14.9 Å². The number of carbonyl (C=O) groups is 2. The molecule has 2 saturated carbocycles. The quantitative estimate of drug-likeness (QED) is 0.652. The van der Waals surface area contributed by atoms with E-state index in [0.717, 1.165) is 6.42 Å². The third-order valence-corrected chi connectivity index (χ3v) is 7.43. The van der Waals surface area contributed by atoms with Gasteiger partial charge in [0.25, 0.3) is 0 Å². The molecule has 1 heterocycles. The van der Waals surface area contributed by atoms with Crippen LogP contribution < -0.4 is 0 Å². The van der Waals surface area contributed by atoms with Crippen LogP contribution in [-0.2, 0) is 14.3 Å². The Morgan fingerprint density at radius 2 is 1.76 bits per heavy atom. The molecule has 25 heavy (non-hydrogen) atoms. The summed E-state index contributed by atoms with van der Waals surface area (Å²) in [6.45, 7) is 9.51. The molecule has 0 spiro atoms. The lowest BCUT2D eigenvalue weighted by atomic mass is 9.80. The predicted molar refractivity (Wildman–Crippen MR) is 90.7 cm³/mol. The van der Waals surface area contributed by atoms with Crippen molar-refractivity contribution in [1.82, 2.24) is 0 Å². The molecule has 0 aromatic heterocycles. The molecule has 3 aliphatic carbocycles. The third-order valence-electron chi connectivity index (χ3n) is 7.43. The lowest BCUT2D eigenvalue weighted by Gasteiger charge is -2.29. The molecule has 0 aromatic carbocycles.